The predicted molar refractivity (Wildman–Crippen MR) is 71.4 cm³/mol. The van der Waals surface area contributed by atoms with Crippen LogP contribution in [0.4, 0.5) is 13.2 Å². The number of nitrogens with zero attached hydrogens (tertiary/aromatic N) is 1. The van der Waals surface area contributed by atoms with Gasteiger partial charge in [0.1, 0.15) is 0 Å². The van der Waals surface area contributed by atoms with Crippen molar-refractivity contribution in [3.63, 3.8) is 0 Å². The van der Waals surface area contributed by atoms with E-state index >= 15 is 0 Å². The van der Waals surface area contributed by atoms with Crippen LogP contribution in [0.25, 0.3) is 0 Å². The molecule has 0 unspecified atom stereocenters. The summed E-state index contributed by atoms with van der Waals surface area (Å²) in [5, 5.41) is 0. The molecule has 0 bridgehead atoms. The van der Waals surface area contributed by atoms with E-state index in [0.29, 0.717) is 5.56 Å². The molecule has 0 spiro atoms. The Morgan fingerprint density at radius 3 is 2.60 bits per heavy atom. The molecule has 2 rings (SSSR count). The Kier molecular flexibility index (Phi) is 4.23. The number of hydrogen-bond donors (Lipinski definition) is 0. The summed E-state index contributed by atoms with van der Waals surface area (Å²) in [5.74, 6) is -0.379. The molecule has 0 N–H and O–H groups in total. The molecule has 2 aromatic rings. The van der Waals surface area contributed by atoms with E-state index in [-0.39, 0.29) is 22.2 Å². The van der Waals surface area contributed by atoms with Crippen molar-refractivity contribution in [2.75, 3.05) is 0 Å². The summed E-state index contributed by atoms with van der Waals surface area (Å²) in [5.41, 5.74) is -0.159. The zero-order chi connectivity index (χ0) is 14.8. The summed E-state index contributed by atoms with van der Waals surface area (Å²) in [4.78, 5) is 15.9. The number of carbonyl (C=O) groups is 1. The van der Waals surface area contributed by atoms with Gasteiger partial charge in [-0.3, -0.25) is 9.78 Å². The summed E-state index contributed by atoms with van der Waals surface area (Å²) < 4.78 is 38.2. The lowest BCUT2D eigenvalue weighted by atomic mass is 10.0. The third-order valence-electron chi connectivity index (χ3n) is 2.68. The summed E-state index contributed by atoms with van der Waals surface area (Å²) in [6.45, 7) is 0. The minimum Gasteiger partial charge on any atom is -0.294 e. The van der Waals surface area contributed by atoms with Crippen LogP contribution in [-0.2, 0) is 12.6 Å². The highest BCUT2D eigenvalue weighted by Crippen LogP contribution is 2.35. The van der Waals surface area contributed by atoms with Crippen LogP contribution in [0.3, 0.4) is 0 Å². The number of benzene rings is 1. The molecule has 0 saturated carbocycles. The highest BCUT2D eigenvalue weighted by atomic mass is 79.9. The van der Waals surface area contributed by atoms with Crippen LogP contribution in [0.15, 0.2) is 47.2 Å². The fraction of sp³-hybridized carbons (Fsp3) is 0.143. The molecule has 2 nitrogen and oxygen atoms in total. The van der Waals surface area contributed by atoms with Crippen LogP contribution < -0.4 is 0 Å². The van der Waals surface area contributed by atoms with E-state index in [4.69, 9.17) is 0 Å². The van der Waals surface area contributed by atoms with Crippen molar-refractivity contribution in [3.8, 4) is 0 Å². The van der Waals surface area contributed by atoms with Crippen LogP contribution in [-0.4, -0.2) is 10.8 Å². The lowest BCUT2D eigenvalue weighted by molar-refractivity contribution is -0.138. The van der Waals surface area contributed by atoms with Gasteiger partial charge in [0.25, 0.3) is 0 Å². The van der Waals surface area contributed by atoms with Crippen molar-refractivity contribution in [1.82, 2.24) is 4.98 Å². The Labute approximate surface area is 121 Å². The van der Waals surface area contributed by atoms with Crippen LogP contribution in [0.2, 0.25) is 0 Å². The fourth-order valence-corrected chi connectivity index (χ4v) is 2.18. The molecule has 0 fully saturated rings. The number of halogens is 4. The molecular weight excluding hydrogens is 335 g/mol. The van der Waals surface area contributed by atoms with Crippen molar-refractivity contribution in [2.24, 2.45) is 0 Å². The first-order valence-corrected chi connectivity index (χ1v) is 6.46. The SMILES string of the molecule is O=C(Cc1cccnc1)c1ccc(Br)c(C(F)(F)F)c1. The Bertz CT molecular complexity index is 626. The number of carbonyl (C=O) groups excluding carboxylic acids is 1. The van der Waals surface area contributed by atoms with Crippen molar-refractivity contribution in [1.29, 1.82) is 0 Å². The largest absolute Gasteiger partial charge is 0.417 e. The van der Waals surface area contributed by atoms with Crippen molar-refractivity contribution < 1.29 is 18.0 Å². The minimum absolute atomic E-state index is 0.0206. The number of pyridine rings is 1. The molecule has 0 aliphatic carbocycles. The molecule has 1 aromatic heterocycles. The first-order chi connectivity index (χ1) is 9.38. The molecule has 0 amide bonds. The second-order valence-electron chi connectivity index (χ2n) is 4.15. The number of alkyl halides is 3. The number of rotatable bonds is 3. The lowest BCUT2D eigenvalue weighted by Crippen LogP contribution is -2.10. The van der Waals surface area contributed by atoms with Gasteiger partial charge in [0.2, 0.25) is 0 Å². The Balaban J connectivity index is 2.27. The zero-order valence-electron chi connectivity index (χ0n) is 10.1. The molecule has 0 saturated heterocycles. The number of ketones is 1. The van der Waals surface area contributed by atoms with Gasteiger partial charge in [-0.15, -0.1) is 0 Å². The normalized spacial score (nSPS) is 11.4. The third-order valence-corrected chi connectivity index (χ3v) is 3.37. The molecular formula is C14H9BrF3NO. The van der Waals surface area contributed by atoms with Gasteiger partial charge in [-0.05, 0) is 23.8 Å². The van der Waals surface area contributed by atoms with E-state index < -0.39 is 11.7 Å². The quantitative estimate of drug-likeness (QED) is 0.778. The molecule has 1 heterocycles. The molecule has 0 aliphatic rings. The average Bonchev–Trinajstić information content (AvgIpc) is 2.39. The second-order valence-corrected chi connectivity index (χ2v) is 5.01. The van der Waals surface area contributed by atoms with E-state index in [9.17, 15) is 18.0 Å². The van der Waals surface area contributed by atoms with Crippen molar-refractivity contribution in [2.45, 2.75) is 12.6 Å². The predicted octanol–water partition coefficient (Wildman–Crippen LogP) is 4.29. The van der Waals surface area contributed by atoms with E-state index in [1.165, 1.54) is 18.3 Å². The van der Waals surface area contributed by atoms with Crippen LogP contribution in [0.5, 0.6) is 0 Å². The summed E-state index contributed by atoms with van der Waals surface area (Å²) in [6, 6.07) is 6.85. The number of aromatic nitrogens is 1. The third kappa shape index (κ3) is 3.45. The average molecular weight is 344 g/mol. The van der Waals surface area contributed by atoms with Gasteiger partial charge < -0.3 is 0 Å². The lowest BCUT2D eigenvalue weighted by Gasteiger charge is -2.10. The number of hydrogen-bond acceptors (Lipinski definition) is 2. The standard InChI is InChI=1S/C14H9BrF3NO/c15-12-4-3-10(7-11(12)14(16,17)18)13(20)6-9-2-1-5-19-8-9/h1-5,7-8H,6H2. The van der Waals surface area contributed by atoms with Gasteiger partial charge in [-0.1, -0.05) is 28.1 Å². The van der Waals surface area contributed by atoms with Crippen LogP contribution in [0.1, 0.15) is 21.5 Å². The zero-order valence-corrected chi connectivity index (χ0v) is 11.7. The Morgan fingerprint density at radius 2 is 2.00 bits per heavy atom. The van der Waals surface area contributed by atoms with Crippen molar-refractivity contribution >= 4 is 21.7 Å². The minimum atomic E-state index is -4.50. The van der Waals surface area contributed by atoms with Crippen LogP contribution >= 0.6 is 15.9 Å². The second kappa shape index (κ2) is 5.75. The van der Waals surface area contributed by atoms with Gasteiger partial charge in [0.15, 0.2) is 5.78 Å². The molecule has 104 valence electrons. The molecule has 0 atom stereocenters. The molecule has 20 heavy (non-hydrogen) atoms. The number of Topliss-reactive ketones (excluding diaryl/α,β-unsaturated/α-hetero) is 1. The first-order valence-electron chi connectivity index (χ1n) is 5.67. The highest BCUT2D eigenvalue weighted by Gasteiger charge is 2.33. The van der Waals surface area contributed by atoms with Gasteiger partial charge in [-0.25, -0.2) is 0 Å². The summed E-state index contributed by atoms with van der Waals surface area (Å²) >= 11 is 2.84. The van der Waals surface area contributed by atoms with Gasteiger partial charge in [-0.2, -0.15) is 13.2 Å². The molecule has 6 heteroatoms. The van der Waals surface area contributed by atoms with E-state index in [0.717, 1.165) is 6.07 Å². The molecule has 1 aromatic carbocycles. The maximum atomic E-state index is 12.8. The molecule has 0 radical (unpaired) electrons. The Morgan fingerprint density at radius 1 is 1.25 bits per heavy atom. The summed E-state index contributed by atoms with van der Waals surface area (Å²) in [6.07, 6.45) is -1.40. The topological polar surface area (TPSA) is 30.0 Å². The highest BCUT2D eigenvalue weighted by molar-refractivity contribution is 9.10. The van der Waals surface area contributed by atoms with Crippen LogP contribution in [0, 0.1) is 0 Å². The maximum absolute atomic E-state index is 12.8. The maximum Gasteiger partial charge on any atom is 0.417 e. The van der Waals surface area contributed by atoms with Gasteiger partial charge in [0, 0.05) is 28.9 Å². The van der Waals surface area contributed by atoms with E-state index in [1.807, 2.05) is 0 Å². The van der Waals surface area contributed by atoms with E-state index in [1.54, 1.807) is 18.3 Å². The van der Waals surface area contributed by atoms with Gasteiger partial charge in [0.05, 0.1) is 5.56 Å². The fourth-order valence-electron chi connectivity index (χ4n) is 1.71. The first kappa shape index (κ1) is 14.7. The smallest absolute Gasteiger partial charge is 0.294 e. The summed E-state index contributed by atoms with van der Waals surface area (Å²) in [7, 11) is 0. The van der Waals surface area contributed by atoms with Crippen molar-refractivity contribution in [3.05, 3.63) is 63.9 Å². The monoisotopic (exact) mass is 343 g/mol. The molecule has 0 aliphatic heterocycles. The Hall–Kier alpha value is -1.69. The van der Waals surface area contributed by atoms with Gasteiger partial charge >= 0.3 is 6.18 Å². The van der Waals surface area contributed by atoms with E-state index in [2.05, 4.69) is 20.9 Å².